The van der Waals surface area contributed by atoms with Gasteiger partial charge in [0, 0.05) is 19.3 Å². The van der Waals surface area contributed by atoms with E-state index in [9.17, 15) is 14.4 Å². The maximum absolute atomic E-state index is 12.8. The smallest absolute Gasteiger partial charge is 0.306 e. The third kappa shape index (κ3) is 53.7. The minimum atomic E-state index is -0.784. The number of unbranched alkanes of at least 4 members (excludes halogenated alkanes) is 28. The molecule has 67 heavy (non-hydrogen) atoms. The fraction of sp³-hybridized carbons (Fsp3) is 0.754. The van der Waals surface area contributed by atoms with Gasteiger partial charge < -0.3 is 14.2 Å². The SMILES string of the molecule is CC/C=C\C/C=C\C/C=C\C/C=C\CCCCCCCCCCCCC(=O)OCC(COC(=O)CCCCCCC/C=C\CCC)OC(=O)CCCCCCC/C=C\CCCCCCCCC. The van der Waals surface area contributed by atoms with Crippen LogP contribution in [0, 0.1) is 0 Å². The average molecular weight is 936 g/mol. The monoisotopic (exact) mass is 935 g/mol. The summed E-state index contributed by atoms with van der Waals surface area (Å²) < 4.78 is 16.8. The minimum absolute atomic E-state index is 0.0829. The van der Waals surface area contributed by atoms with Gasteiger partial charge in [0.2, 0.25) is 0 Å². The van der Waals surface area contributed by atoms with Crippen molar-refractivity contribution in [3.63, 3.8) is 0 Å². The van der Waals surface area contributed by atoms with Crippen LogP contribution in [0.3, 0.4) is 0 Å². The van der Waals surface area contributed by atoms with Crippen molar-refractivity contribution in [3.05, 3.63) is 72.9 Å². The highest BCUT2D eigenvalue weighted by atomic mass is 16.6. The molecule has 1 atom stereocenters. The third-order valence-electron chi connectivity index (χ3n) is 12.1. The van der Waals surface area contributed by atoms with E-state index in [0.29, 0.717) is 19.3 Å². The molecule has 0 N–H and O–H groups in total. The molecule has 0 aliphatic heterocycles. The third-order valence-corrected chi connectivity index (χ3v) is 12.1. The minimum Gasteiger partial charge on any atom is -0.462 e. The number of rotatable bonds is 51. The van der Waals surface area contributed by atoms with E-state index in [4.69, 9.17) is 14.2 Å². The Balaban J connectivity index is 4.29. The Kier molecular flexibility index (Phi) is 52.8. The quantitative estimate of drug-likeness (QED) is 0.0262. The molecule has 0 aliphatic carbocycles. The number of hydrogen-bond donors (Lipinski definition) is 0. The van der Waals surface area contributed by atoms with Crippen LogP contribution in [0.15, 0.2) is 72.9 Å². The molecule has 0 bridgehead atoms. The largest absolute Gasteiger partial charge is 0.462 e. The van der Waals surface area contributed by atoms with E-state index in [-0.39, 0.29) is 31.1 Å². The van der Waals surface area contributed by atoms with Gasteiger partial charge in [-0.15, -0.1) is 0 Å². The predicted molar refractivity (Wildman–Crippen MR) is 288 cm³/mol. The lowest BCUT2D eigenvalue weighted by Gasteiger charge is -2.18. The molecule has 1 unspecified atom stereocenters. The van der Waals surface area contributed by atoms with Gasteiger partial charge in [0.1, 0.15) is 13.2 Å². The second-order valence-electron chi connectivity index (χ2n) is 18.8. The van der Waals surface area contributed by atoms with Crippen molar-refractivity contribution in [2.75, 3.05) is 13.2 Å². The zero-order chi connectivity index (χ0) is 48.6. The molecular formula is C61H106O6. The molecule has 6 heteroatoms. The van der Waals surface area contributed by atoms with Gasteiger partial charge >= 0.3 is 17.9 Å². The van der Waals surface area contributed by atoms with Gasteiger partial charge in [0.15, 0.2) is 6.10 Å². The molecule has 0 aliphatic rings. The normalized spacial score (nSPS) is 12.6. The Morgan fingerprint density at radius 1 is 0.313 bits per heavy atom. The van der Waals surface area contributed by atoms with Crippen LogP contribution in [0.1, 0.15) is 278 Å². The van der Waals surface area contributed by atoms with Crippen molar-refractivity contribution in [1.82, 2.24) is 0 Å². The van der Waals surface area contributed by atoms with E-state index >= 15 is 0 Å². The molecule has 0 aromatic heterocycles. The van der Waals surface area contributed by atoms with Gasteiger partial charge in [-0.1, -0.05) is 229 Å². The summed E-state index contributed by atoms with van der Waals surface area (Å²) in [5.74, 6) is -0.900. The van der Waals surface area contributed by atoms with Gasteiger partial charge in [0.05, 0.1) is 0 Å². The van der Waals surface area contributed by atoms with Crippen LogP contribution in [0.2, 0.25) is 0 Å². The van der Waals surface area contributed by atoms with Crippen molar-refractivity contribution < 1.29 is 28.6 Å². The summed E-state index contributed by atoms with van der Waals surface area (Å²) in [6, 6.07) is 0. The van der Waals surface area contributed by atoms with E-state index in [2.05, 4.69) is 93.7 Å². The second kappa shape index (κ2) is 55.4. The summed E-state index contributed by atoms with van der Waals surface area (Å²) in [6.07, 6.45) is 70.4. The lowest BCUT2D eigenvalue weighted by Crippen LogP contribution is -2.30. The summed E-state index contributed by atoms with van der Waals surface area (Å²) in [4.78, 5) is 38.0. The highest BCUT2D eigenvalue weighted by molar-refractivity contribution is 5.71. The van der Waals surface area contributed by atoms with Crippen molar-refractivity contribution in [3.8, 4) is 0 Å². The molecule has 0 radical (unpaired) electrons. The molecular weight excluding hydrogens is 829 g/mol. The zero-order valence-electron chi connectivity index (χ0n) is 44.2. The summed E-state index contributed by atoms with van der Waals surface area (Å²) in [6.45, 7) is 6.46. The fourth-order valence-corrected chi connectivity index (χ4v) is 7.90. The van der Waals surface area contributed by atoms with E-state index in [1.165, 1.54) is 128 Å². The maximum Gasteiger partial charge on any atom is 0.306 e. The number of hydrogen-bond acceptors (Lipinski definition) is 6. The molecule has 0 saturated carbocycles. The lowest BCUT2D eigenvalue weighted by molar-refractivity contribution is -0.167. The molecule has 0 amide bonds. The van der Waals surface area contributed by atoms with Crippen molar-refractivity contribution in [2.24, 2.45) is 0 Å². The van der Waals surface area contributed by atoms with Crippen LogP contribution >= 0.6 is 0 Å². The Labute approximate surface area is 414 Å². The number of ether oxygens (including phenoxy) is 3. The van der Waals surface area contributed by atoms with Crippen LogP contribution in [0.5, 0.6) is 0 Å². The summed E-state index contributed by atoms with van der Waals surface area (Å²) in [7, 11) is 0. The Bertz CT molecular complexity index is 1260. The summed E-state index contributed by atoms with van der Waals surface area (Å²) in [5, 5.41) is 0. The first-order valence-electron chi connectivity index (χ1n) is 28.4. The van der Waals surface area contributed by atoms with E-state index in [1.54, 1.807) is 0 Å². The van der Waals surface area contributed by atoms with Crippen LogP contribution in [-0.2, 0) is 28.6 Å². The molecule has 0 fully saturated rings. The number of allylic oxidation sites excluding steroid dienone is 12. The fourth-order valence-electron chi connectivity index (χ4n) is 7.90. The summed E-state index contributed by atoms with van der Waals surface area (Å²) >= 11 is 0. The first-order chi connectivity index (χ1) is 33.0. The van der Waals surface area contributed by atoms with Crippen molar-refractivity contribution >= 4 is 17.9 Å². The van der Waals surface area contributed by atoms with Crippen LogP contribution in [0.4, 0.5) is 0 Å². The maximum atomic E-state index is 12.8. The standard InChI is InChI=1S/C61H106O6/c1-4-7-10-13-16-19-22-24-26-28-29-30-31-32-33-34-36-37-39-42-45-48-51-54-60(63)66-57-58(56-65-59(62)53-50-47-44-41-21-18-15-12-9-6-3)67-61(64)55-52-49-46-43-40-38-35-27-25-23-20-17-14-11-8-5-2/h7,10,12,15-16,19,24,26-27,29-30,35,58H,4-6,8-9,11,13-14,17-18,20-23,25,28,31-34,36-57H2,1-3H3/b10-7-,15-12-,19-16-,26-24-,30-29-,35-27-. The summed E-state index contributed by atoms with van der Waals surface area (Å²) in [5.41, 5.74) is 0. The lowest BCUT2D eigenvalue weighted by atomic mass is 10.1. The number of esters is 3. The van der Waals surface area contributed by atoms with Gasteiger partial charge in [-0.2, -0.15) is 0 Å². The highest BCUT2D eigenvalue weighted by Crippen LogP contribution is 2.15. The van der Waals surface area contributed by atoms with Crippen LogP contribution < -0.4 is 0 Å². The molecule has 0 heterocycles. The topological polar surface area (TPSA) is 78.9 Å². The first kappa shape index (κ1) is 63.8. The average Bonchev–Trinajstić information content (AvgIpc) is 3.33. The molecule has 386 valence electrons. The molecule has 6 nitrogen and oxygen atoms in total. The molecule has 0 saturated heterocycles. The Hall–Kier alpha value is -3.15. The van der Waals surface area contributed by atoms with E-state index in [1.807, 2.05) is 0 Å². The van der Waals surface area contributed by atoms with Gasteiger partial charge in [-0.25, -0.2) is 0 Å². The van der Waals surface area contributed by atoms with E-state index in [0.717, 1.165) is 109 Å². The molecule has 0 aromatic carbocycles. The molecule has 0 rings (SSSR count). The van der Waals surface area contributed by atoms with Crippen molar-refractivity contribution in [1.29, 1.82) is 0 Å². The van der Waals surface area contributed by atoms with Gasteiger partial charge in [0.25, 0.3) is 0 Å². The first-order valence-corrected chi connectivity index (χ1v) is 28.4. The van der Waals surface area contributed by atoms with Gasteiger partial charge in [-0.3, -0.25) is 14.4 Å². The van der Waals surface area contributed by atoms with Crippen LogP contribution in [0.25, 0.3) is 0 Å². The highest BCUT2D eigenvalue weighted by Gasteiger charge is 2.19. The molecule has 0 spiro atoms. The predicted octanol–water partition coefficient (Wildman–Crippen LogP) is 19.0. The van der Waals surface area contributed by atoms with Crippen molar-refractivity contribution in [2.45, 2.75) is 284 Å². The number of carbonyl (C=O) groups is 3. The van der Waals surface area contributed by atoms with E-state index < -0.39 is 6.10 Å². The molecule has 0 aromatic rings. The number of carbonyl (C=O) groups excluding carboxylic acids is 3. The Morgan fingerprint density at radius 2 is 0.612 bits per heavy atom. The van der Waals surface area contributed by atoms with Crippen LogP contribution in [-0.4, -0.2) is 37.2 Å². The Morgan fingerprint density at radius 3 is 0.985 bits per heavy atom. The zero-order valence-corrected chi connectivity index (χ0v) is 44.2. The van der Waals surface area contributed by atoms with Gasteiger partial charge in [-0.05, 0) is 103 Å². The second-order valence-corrected chi connectivity index (χ2v) is 18.8.